The van der Waals surface area contributed by atoms with E-state index >= 15 is 0 Å². The van der Waals surface area contributed by atoms with Crippen LogP contribution in [0.4, 0.5) is 0 Å². The van der Waals surface area contributed by atoms with Crippen molar-refractivity contribution in [3.63, 3.8) is 0 Å². The molecule has 19 heavy (non-hydrogen) atoms. The van der Waals surface area contributed by atoms with E-state index < -0.39 is 10.8 Å². The molecular formula is C16H25NOS. The first-order valence-electron chi connectivity index (χ1n) is 7.02. The largest absolute Gasteiger partial charge is 0.315 e. The van der Waals surface area contributed by atoms with Crippen molar-refractivity contribution in [2.24, 2.45) is 5.41 Å². The van der Waals surface area contributed by atoms with Crippen molar-refractivity contribution in [1.29, 1.82) is 0 Å². The van der Waals surface area contributed by atoms with Crippen LogP contribution < -0.4 is 5.32 Å². The zero-order chi connectivity index (χ0) is 14.2. The SMILES string of the molecule is CNC1C(S(=O)c2ccc(C)cc2C)CCC1(C)C. The maximum atomic E-state index is 12.9. The topological polar surface area (TPSA) is 29.1 Å². The molecule has 0 spiro atoms. The van der Waals surface area contributed by atoms with Crippen LogP contribution >= 0.6 is 0 Å². The van der Waals surface area contributed by atoms with E-state index in [-0.39, 0.29) is 10.7 Å². The molecule has 0 bridgehead atoms. The number of benzene rings is 1. The van der Waals surface area contributed by atoms with Crippen molar-refractivity contribution in [3.05, 3.63) is 29.3 Å². The van der Waals surface area contributed by atoms with E-state index in [4.69, 9.17) is 0 Å². The van der Waals surface area contributed by atoms with Crippen LogP contribution in [0.1, 0.15) is 37.8 Å². The van der Waals surface area contributed by atoms with Gasteiger partial charge in [-0.05, 0) is 50.8 Å². The van der Waals surface area contributed by atoms with Gasteiger partial charge in [0.1, 0.15) is 0 Å². The van der Waals surface area contributed by atoms with Crippen LogP contribution in [-0.2, 0) is 10.8 Å². The average molecular weight is 279 g/mol. The van der Waals surface area contributed by atoms with E-state index in [0.717, 1.165) is 23.3 Å². The summed E-state index contributed by atoms with van der Waals surface area (Å²) in [5.41, 5.74) is 2.61. The van der Waals surface area contributed by atoms with E-state index in [1.807, 2.05) is 13.1 Å². The van der Waals surface area contributed by atoms with Gasteiger partial charge in [0.15, 0.2) is 0 Å². The standard InChI is InChI=1S/C16H25NOS/c1-11-6-7-13(12(2)10-11)19(18)14-8-9-16(3,4)15(14)17-5/h6-7,10,14-15,17H,8-9H2,1-5H3. The van der Waals surface area contributed by atoms with Crippen LogP contribution in [0.2, 0.25) is 0 Å². The van der Waals surface area contributed by atoms with Gasteiger partial charge in [0.25, 0.3) is 0 Å². The molecule has 1 saturated carbocycles. The first kappa shape index (κ1) is 14.7. The highest BCUT2D eigenvalue weighted by Crippen LogP contribution is 2.41. The number of hydrogen-bond acceptors (Lipinski definition) is 2. The van der Waals surface area contributed by atoms with Crippen molar-refractivity contribution in [2.75, 3.05) is 7.05 Å². The van der Waals surface area contributed by atoms with Crippen LogP contribution in [0, 0.1) is 19.3 Å². The Morgan fingerprint density at radius 2 is 2.00 bits per heavy atom. The molecule has 0 aromatic heterocycles. The predicted octanol–water partition coefficient (Wildman–Crippen LogP) is 3.19. The molecule has 1 aromatic rings. The van der Waals surface area contributed by atoms with Gasteiger partial charge in [-0.3, -0.25) is 4.21 Å². The molecule has 0 saturated heterocycles. The second-order valence-corrected chi connectivity index (χ2v) is 8.04. The third-order valence-electron chi connectivity index (χ3n) is 4.42. The van der Waals surface area contributed by atoms with E-state index in [9.17, 15) is 4.21 Å². The Morgan fingerprint density at radius 1 is 1.32 bits per heavy atom. The van der Waals surface area contributed by atoms with Crippen LogP contribution in [0.5, 0.6) is 0 Å². The summed E-state index contributed by atoms with van der Waals surface area (Å²) in [6.45, 7) is 8.68. The lowest BCUT2D eigenvalue weighted by Crippen LogP contribution is -2.44. The molecule has 1 aliphatic carbocycles. The summed E-state index contributed by atoms with van der Waals surface area (Å²) in [7, 11) is 1.07. The van der Waals surface area contributed by atoms with Gasteiger partial charge in [-0.1, -0.05) is 31.5 Å². The van der Waals surface area contributed by atoms with Gasteiger partial charge in [0.05, 0.1) is 16.0 Å². The molecule has 2 nitrogen and oxygen atoms in total. The smallest absolute Gasteiger partial charge is 0.0579 e. The maximum absolute atomic E-state index is 12.9. The molecule has 0 aliphatic heterocycles. The fraction of sp³-hybridized carbons (Fsp3) is 0.625. The molecule has 0 heterocycles. The van der Waals surface area contributed by atoms with E-state index in [2.05, 4.69) is 45.1 Å². The van der Waals surface area contributed by atoms with Gasteiger partial charge in [-0.25, -0.2) is 0 Å². The highest BCUT2D eigenvalue weighted by atomic mass is 32.2. The van der Waals surface area contributed by atoms with E-state index in [1.165, 1.54) is 5.56 Å². The number of hydrogen-bond donors (Lipinski definition) is 1. The molecule has 2 rings (SSSR count). The quantitative estimate of drug-likeness (QED) is 0.920. The Morgan fingerprint density at radius 3 is 2.58 bits per heavy atom. The van der Waals surface area contributed by atoms with Gasteiger partial charge in [0.2, 0.25) is 0 Å². The normalized spacial score (nSPS) is 27.4. The van der Waals surface area contributed by atoms with Crippen LogP contribution in [0.3, 0.4) is 0 Å². The Hall–Kier alpha value is -0.670. The summed E-state index contributed by atoms with van der Waals surface area (Å²) in [6, 6.07) is 6.56. The summed E-state index contributed by atoms with van der Waals surface area (Å²) in [5.74, 6) is 0. The van der Waals surface area contributed by atoms with Gasteiger partial charge < -0.3 is 5.32 Å². The Labute approximate surface area is 119 Å². The molecule has 1 N–H and O–H groups in total. The summed E-state index contributed by atoms with van der Waals surface area (Å²) in [6.07, 6.45) is 2.18. The molecule has 3 atom stereocenters. The Bertz CT molecular complexity index is 496. The zero-order valence-electron chi connectivity index (χ0n) is 12.6. The number of aryl methyl sites for hydroxylation is 2. The van der Waals surface area contributed by atoms with Crippen molar-refractivity contribution in [2.45, 2.75) is 56.7 Å². The molecule has 3 heteroatoms. The summed E-state index contributed by atoms with van der Waals surface area (Å²) >= 11 is 0. The molecule has 3 unspecified atom stereocenters. The van der Waals surface area contributed by atoms with Crippen molar-refractivity contribution >= 4 is 10.8 Å². The summed E-state index contributed by atoms with van der Waals surface area (Å²) < 4.78 is 12.9. The molecule has 106 valence electrons. The highest BCUT2D eigenvalue weighted by molar-refractivity contribution is 7.85. The molecule has 1 aromatic carbocycles. The maximum Gasteiger partial charge on any atom is 0.0579 e. The molecule has 1 fully saturated rings. The van der Waals surface area contributed by atoms with Crippen LogP contribution in [0.25, 0.3) is 0 Å². The third kappa shape index (κ3) is 2.77. The van der Waals surface area contributed by atoms with E-state index in [1.54, 1.807) is 0 Å². The van der Waals surface area contributed by atoms with Gasteiger partial charge in [-0.15, -0.1) is 0 Å². The lowest BCUT2D eigenvalue weighted by Gasteiger charge is -2.30. The third-order valence-corrected chi connectivity index (χ3v) is 6.37. The summed E-state index contributed by atoms with van der Waals surface area (Å²) in [4.78, 5) is 1.01. The van der Waals surface area contributed by atoms with Crippen LogP contribution in [-0.4, -0.2) is 22.5 Å². The monoisotopic (exact) mass is 279 g/mol. The molecule has 0 amide bonds. The predicted molar refractivity (Wildman–Crippen MR) is 82.0 cm³/mol. The lowest BCUT2D eigenvalue weighted by atomic mass is 9.87. The fourth-order valence-corrected chi connectivity index (χ4v) is 5.32. The average Bonchev–Trinajstić information content (AvgIpc) is 2.63. The highest BCUT2D eigenvalue weighted by Gasteiger charge is 2.44. The van der Waals surface area contributed by atoms with Crippen molar-refractivity contribution in [3.8, 4) is 0 Å². The number of rotatable bonds is 3. The van der Waals surface area contributed by atoms with Crippen molar-refractivity contribution < 1.29 is 4.21 Å². The molecule has 1 aliphatic rings. The zero-order valence-corrected chi connectivity index (χ0v) is 13.4. The number of nitrogens with one attached hydrogen (secondary N) is 1. The Kier molecular flexibility index (Phi) is 4.17. The first-order valence-corrected chi connectivity index (χ1v) is 8.23. The van der Waals surface area contributed by atoms with Gasteiger partial charge >= 0.3 is 0 Å². The Balaban J connectivity index is 2.29. The minimum Gasteiger partial charge on any atom is -0.315 e. The second-order valence-electron chi connectivity index (χ2n) is 6.40. The fourth-order valence-electron chi connectivity index (χ4n) is 3.34. The van der Waals surface area contributed by atoms with E-state index in [0.29, 0.717) is 6.04 Å². The molecular weight excluding hydrogens is 254 g/mol. The molecule has 0 radical (unpaired) electrons. The minimum atomic E-state index is -0.918. The summed E-state index contributed by atoms with van der Waals surface area (Å²) in [5, 5.41) is 3.62. The second kappa shape index (κ2) is 5.37. The van der Waals surface area contributed by atoms with Gasteiger partial charge in [0, 0.05) is 10.9 Å². The first-order chi connectivity index (χ1) is 8.86. The lowest BCUT2D eigenvalue weighted by molar-refractivity contribution is 0.299. The van der Waals surface area contributed by atoms with Crippen molar-refractivity contribution in [1.82, 2.24) is 5.32 Å². The minimum absolute atomic E-state index is 0.224. The van der Waals surface area contributed by atoms with Crippen LogP contribution in [0.15, 0.2) is 23.1 Å². The van der Waals surface area contributed by atoms with Gasteiger partial charge in [-0.2, -0.15) is 0 Å².